The third kappa shape index (κ3) is 5.11. The van der Waals surface area contributed by atoms with Gasteiger partial charge in [0.2, 0.25) is 6.04 Å². The number of methoxy groups -OCH3 is 2. The second kappa shape index (κ2) is 11.9. The molecule has 2 aliphatic heterocycles. The molecule has 1 saturated carbocycles. The summed E-state index contributed by atoms with van der Waals surface area (Å²) < 4.78 is 26.1. The van der Waals surface area contributed by atoms with E-state index in [-0.39, 0.29) is 34.2 Å². The normalized spacial score (nSPS) is 24.8. The van der Waals surface area contributed by atoms with Gasteiger partial charge in [-0.3, -0.25) is 19.8 Å². The molecule has 1 saturated heterocycles. The molecule has 0 unspecified atom stereocenters. The van der Waals surface area contributed by atoms with E-state index in [0.29, 0.717) is 28.4 Å². The fourth-order valence-electron chi connectivity index (χ4n) is 7.09. The number of nitro groups is 1. The Balaban J connectivity index is 1.54. The second-order valence-electron chi connectivity index (χ2n) is 11.7. The number of amides is 1. The summed E-state index contributed by atoms with van der Waals surface area (Å²) in [6, 6.07) is 11.0. The maximum Gasteiger partial charge on any atom is 0.341 e. The molecule has 6 rings (SSSR count). The zero-order chi connectivity index (χ0) is 32.2. The van der Waals surface area contributed by atoms with Crippen LogP contribution in [-0.2, 0) is 15.1 Å². The number of benzene rings is 3. The molecule has 13 heteroatoms. The zero-order valence-corrected chi connectivity index (χ0v) is 25.8. The number of hydrogen-bond acceptors (Lipinski definition) is 8. The minimum absolute atomic E-state index is 0.0657. The first-order chi connectivity index (χ1) is 21.5. The van der Waals surface area contributed by atoms with Crippen molar-refractivity contribution in [3.63, 3.8) is 0 Å². The average molecular weight is 659 g/mol. The van der Waals surface area contributed by atoms with Crippen LogP contribution in [-0.4, -0.2) is 59.7 Å². The van der Waals surface area contributed by atoms with Crippen LogP contribution in [0.15, 0.2) is 54.6 Å². The molecule has 1 aliphatic carbocycles. The number of carbonyl (C=O) groups excluding carboxylic acids is 2. The fourth-order valence-corrected chi connectivity index (χ4v) is 7.45. The number of nitrogens with one attached hydrogen (secondary N) is 1. The Kier molecular flexibility index (Phi) is 8.23. The number of esters is 1. The number of anilines is 1. The van der Waals surface area contributed by atoms with E-state index in [4.69, 9.17) is 32.7 Å². The van der Waals surface area contributed by atoms with Crippen LogP contribution in [0.3, 0.4) is 0 Å². The molecule has 1 amide bonds. The Bertz CT molecular complexity index is 1700. The fraction of sp³-hybridized carbons (Fsp3) is 0.375. The van der Waals surface area contributed by atoms with E-state index in [0.717, 1.165) is 12.8 Å². The molecule has 10 nitrogen and oxygen atoms in total. The lowest BCUT2D eigenvalue weighted by molar-refractivity contribution is -0.528. The molecular formula is C32H30Cl2FN3O7. The van der Waals surface area contributed by atoms with E-state index in [1.165, 1.54) is 50.6 Å². The van der Waals surface area contributed by atoms with E-state index >= 15 is 4.39 Å². The Morgan fingerprint density at radius 2 is 1.96 bits per heavy atom. The third-order valence-electron chi connectivity index (χ3n) is 9.22. The molecule has 0 aromatic heterocycles. The summed E-state index contributed by atoms with van der Waals surface area (Å²) in [4.78, 5) is 41.0. The maximum absolute atomic E-state index is 15.9. The van der Waals surface area contributed by atoms with Gasteiger partial charge in [-0.15, -0.1) is 0 Å². The third-order valence-corrected chi connectivity index (χ3v) is 9.75. The van der Waals surface area contributed by atoms with Gasteiger partial charge in [-0.2, -0.15) is 0 Å². The van der Waals surface area contributed by atoms with Gasteiger partial charge in [0.1, 0.15) is 22.7 Å². The summed E-state index contributed by atoms with van der Waals surface area (Å²) in [5.41, 5.74) is -0.472. The molecule has 5 atom stereocenters. The second-order valence-corrected chi connectivity index (χ2v) is 12.5. The van der Waals surface area contributed by atoms with Crippen LogP contribution in [0, 0.1) is 21.8 Å². The molecule has 2 fully saturated rings. The summed E-state index contributed by atoms with van der Waals surface area (Å²) in [5.74, 6) is -3.03. The number of hydrogen-bond donors (Lipinski definition) is 2. The van der Waals surface area contributed by atoms with Crippen molar-refractivity contribution in [2.45, 2.75) is 48.9 Å². The van der Waals surface area contributed by atoms with Crippen molar-refractivity contribution in [3.8, 4) is 5.75 Å². The summed E-state index contributed by atoms with van der Waals surface area (Å²) >= 11 is 12.5. The number of aliphatic hydroxyl groups excluding tert-OH is 1. The lowest BCUT2D eigenvalue weighted by Crippen LogP contribution is -2.53. The average Bonchev–Trinajstić information content (AvgIpc) is 3.74. The molecule has 0 bridgehead atoms. The summed E-state index contributed by atoms with van der Waals surface area (Å²) in [6.07, 6.45) is 0.259. The van der Waals surface area contributed by atoms with E-state index in [1.807, 2.05) is 0 Å². The number of ether oxygens (including phenoxy) is 2. The summed E-state index contributed by atoms with van der Waals surface area (Å²) in [6.45, 7) is 0.306. The van der Waals surface area contributed by atoms with Crippen LogP contribution in [0.4, 0.5) is 10.1 Å². The molecule has 3 aromatic carbocycles. The molecule has 2 N–H and O–H groups in total. The number of halogens is 3. The SMILES string of the molecule is COC(=O)c1ccc([C@H](O)C[C@H]2[C@@H]([N+](=O)[O-])[C@H](c3cccc(Cl)c3F)[C@]3(C(=O)Nc4cc(Cl)ccc43)N2CC2CC2)cc1OC. The first-order valence-electron chi connectivity index (χ1n) is 14.4. The van der Waals surface area contributed by atoms with Gasteiger partial charge < -0.3 is 19.9 Å². The number of likely N-dealkylation sites (tertiary alicyclic amines) is 1. The topological polar surface area (TPSA) is 131 Å². The van der Waals surface area contributed by atoms with Crippen LogP contribution >= 0.6 is 23.2 Å². The maximum atomic E-state index is 15.9. The monoisotopic (exact) mass is 657 g/mol. The van der Waals surface area contributed by atoms with Crippen LogP contribution < -0.4 is 10.1 Å². The highest BCUT2D eigenvalue weighted by atomic mass is 35.5. The molecule has 2 heterocycles. The van der Waals surface area contributed by atoms with Crippen molar-refractivity contribution in [3.05, 3.63) is 103 Å². The van der Waals surface area contributed by atoms with E-state index in [2.05, 4.69) is 5.32 Å². The number of nitrogens with zero attached hydrogens (tertiary/aromatic N) is 2. The van der Waals surface area contributed by atoms with Crippen molar-refractivity contribution in [1.82, 2.24) is 4.90 Å². The lowest BCUT2D eigenvalue weighted by Gasteiger charge is -2.39. The van der Waals surface area contributed by atoms with Gasteiger partial charge in [0, 0.05) is 33.3 Å². The number of fused-ring (bicyclic) bond motifs is 2. The Labute approximate surface area is 268 Å². The molecule has 236 valence electrons. The number of aliphatic hydroxyl groups is 1. The van der Waals surface area contributed by atoms with E-state index < -0.39 is 52.3 Å². The zero-order valence-electron chi connectivity index (χ0n) is 24.3. The number of carbonyl (C=O) groups is 2. The van der Waals surface area contributed by atoms with Crippen LogP contribution in [0.25, 0.3) is 0 Å². The van der Waals surface area contributed by atoms with Gasteiger partial charge in [0.15, 0.2) is 0 Å². The van der Waals surface area contributed by atoms with Crippen molar-refractivity contribution in [2.24, 2.45) is 5.92 Å². The lowest BCUT2D eigenvalue weighted by atomic mass is 9.73. The minimum Gasteiger partial charge on any atom is -0.496 e. The van der Waals surface area contributed by atoms with Crippen LogP contribution in [0.1, 0.15) is 58.3 Å². The molecule has 1 spiro atoms. The van der Waals surface area contributed by atoms with Crippen LogP contribution in [0.2, 0.25) is 10.0 Å². The van der Waals surface area contributed by atoms with E-state index in [1.54, 1.807) is 23.1 Å². The predicted octanol–water partition coefficient (Wildman–Crippen LogP) is 5.72. The van der Waals surface area contributed by atoms with Crippen molar-refractivity contribution in [2.75, 3.05) is 26.1 Å². The van der Waals surface area contributed by atoms with Gasteiger partial charge >= 0.3 is 5.97 Å². The molecule has 3 aliphatic rings. The van der Waals surface area contributed by atoms with Gasteiger partial charge in [-0.25, -0.2) is 9.18 Å². The highest BCUT2D eigenvalue weighted by Gasteiger charge is 2.71. The summed E-state index contributed by atoms with van der Waals surface area (Å²) in [5, 5.41) is 27.7. The van der Waals surface area contributed by atoms with Gasteiger partial charge in [0.25, 0.3) is 5.91 Å². The minimum atomic E-state index is -1.71. The standard InChI is InChI=1S/C32H30Cl2FN3O7/c1-44-26-12-17(8-10-19(26)30(40)45-2)25(39)14-24-29(38(42)43)27(20-4-3-5-22(34)28(20)35)32(37(24)15-16-6-7-16)21-11-9-18(33)13-23(21)36-31(32)41/h3-5,8-13,16,24-25,27,29,39H,6-7,14-15H2,1-2H3,(H,36,41)/t24-,25+,27-,29+,32+/m0/s1. The largest absolute Gasteiger partial charge is 0.496 e. The van der Waals surface area contributed by atoms with Gasteiger partial charge in [-0.1, -0.05) is 47.5 Å². The first-order valence-corrected chi connectivity index (χ1v) is 15.2. The highest BCUT2D eigenvalue weighted by Crippen LogP contribution is 2.60. The highest BCUT2D eigenvalue weighted by molar-refractivity contribution is 6.31. The Hall–Kier alpha value is -3.77. The van der Waals surface area contributed by atoms with Crippen molar-refractivity contribution >= 4 is 40.8 Å². The van der Waals surface area contributed by atoms with E-state index in [9.17, 15) is 24.8 Å². The molecular weight excluding hydrogens is 628 g/mol. The number of rotatable bonds is 9. The van der Waals surface area contributed by atoms with Crippen molar-refractivity contribution in [1.29, 1.82) is 0 Å². The molecule has 45 heavy (non-hydrogen) atoms. The Morgan fingerprint density at radius 1 is 1.20 bits per heavy atom. The quantitative estimate of drug-likeness (QED) is 0.170. The summed E-state index contributed by atoms with van der Waals surface area (Å²) in [7, 11) is 2.60. The Morgan fingerprint density at radius 3 is 2.62 bits per heavy atom. The van der Waals surface area contributed by atoms with Gasteiger partial charge in [-0.05, 0) is 61.1 Å². The smallest absolute Gasteiger partial charge is 0.341 e. The van der Waals surface area contributed by atoms with Gasteiger partial charge in [0.05, 0.1) is 37.3 Å². The van der Waals surface area contributed by atoms with Crippen molar-refractivity contribution < 1.29 is 33.5 Å². The first kappa shape index (κ1) is 31.2. The predicted molar refractivity (Wildman–Crippen MR) is 164 cm³/mol. The molecule has 0 radical (unpaired) electrons. The van der Waals surface area contributed by atoms with Crippen LogP contribution in [0.5, 0.6) is 5.75 Å². The molecule has 3 aromatic rings.